The van der Waals surface area contributed by atoms with Gasteiger partial charge in [0.15, 0.2) is 0 Å². The lowest BCUT2D eigenvalue weighted by molar-refractivity contribution is 0.194. The van der Waals surface area contributed by atoms with Crippen LogP contribution in [0.3, 0.4) is 0 Å². The third kappa shape index (κ3) is 2.07. The van der Waals surface area contributed by atoms with Crippen LogP contribution in [0.1, 0.15) is 42.0 Å². The van der Waals surface area contributed by atoms with Crippen molar-refractivity contribution in [2.24, 2.45) is 0 Å². The summed E-state index contributed by atoms with van der Waals surface area (Å²) in [6.45, 7) is 3.83. The lowest BCUT2D eigenvalue weighted by Crippen LogP contribution is -2.11. The number of benzene rings is 1. The SMILES string of the molecule is Cc1c(CC(C)O)c(O)cc2c1CCCC2. The molecule has 0 saturated heterocycles. The van der Waals surface area contributed by atoms with Crippen LogP contribution in [0.2, 0.25) is 0 Å². The van der Waals surface area contributed by atoms with Crippen LogP contribution in [0.4, 0.5) is 0 Å². The molecule has 0 radical (unpaired) electrons. The Morgan fingerprint density at radius 3 is 2.69 bits per heavy atom. The summed E-state index contributed by atoms with van der Waals surface area (Å²) in [6, 6.07) is 1.90. The molecule has 1 aliphatic carbocycles. The van der Waals surface area contributed by atoms with Crippen LogP contribution in [-0.2, 0) is 19.3 Å². The summed E-state index contributed by atoms with van der Waals surface area (Å²) < 4.78 is 0. The second-order valence-corrected chi connectivity index (χ2v) is 4.90. The van der Waals surface area contributed by atoms with Gasteiger partial charge in [0.2, 0.25) is 0 Å². The van der Waals surface area contributed by atoms with E-state index in [1.54, 1.807) is 6.92 Å². The Morgan fingerprint density at radius 1 is 1.31 bits per heavy atom. The monoisotopic (exact) mass is 220 g/mol. The highest BCUT2D eigenvalue weighted by molar-refractivity contribution is 5.49. The van der Waals surface area contributed by atoms with Crippen LogP contribution in [0.5, 0.6) is 5.75 Å². The van der Waals surface area contributed by atoms with Gasteiger partial charge in [-0.1, -0.05) is 0 Å². The topological polar surface area (TPSA) is 40.5 Å². The second-order valence-electron chi connectivity index (χ2n) is 4.90. The molecular weight excluding hydrogens is 200 g/mol. The Kier molecular flexibility index (Phi) is 3.20. The summed E-state index contributed by atoms with van der Waals surface area (Å²) in [5.41, 5.74) is 4.82. The molecule has 2 heteroatoms. The van der Waals surface area contributed by atoms with E-state index in [-0.39, 0.29) is 0 Å². The fourth-order valence-corrected chi connectivity index (χ4v) is 2.70. The summed E-state index contributed by atoms with van der Waals surface area (Å²) >= 11 is 0. The van der Waals surface area contributed by atoms with E-state index in [9.17, 15) is 10.2 Å². The first-order chi connectivity index (χ1) is 7.59. The highest BCUT2D eigenvalue weighted by Crippen LogP contribution is 2.33. The average molecular weight is 220 g/mol. The Labute approximate surface area is 96.9 Å². The quantitative estimate of drug-likeness (QED) is 0.804. The van der Waals surface area contributed by atoms with Crippen molar-refractivity contribution in [1.29, 1.82) is 0 Å². The molecule has 2 nitrogen and oxygen atoms in total. The molecule has 0 heterocycles. The molecule has 1 atom stereocenters. The van der Waals surface area contributed by atoms with Crippen molar-refractivity contribution in [2.45, 2.75) is 52.1 Å². The van der Waals surface area contributed by atoms with Gasteiger partial charge in [0.05, 0.1) is 6.10 Å². The van der Waals surface area contributed by atoms with E-state index in [2.05, 4.69) is 6.92 Å². The number of aryl methyl sites for hydroxylation is 1. The van der Waals surface area contributed by atoms with Crippen LogP contribution in [0.15, 0.2) is 6.07 Å². The fourth-order valence-electron chi connectivity index (χ4n) is 2.70. The Bertz CT molecular complexity index is 394. The number of fused-ring (bicyclic) bond motifs is 1. The van der Waals surface area contributed by atoms with Crippen molar-refractivity contribution >= 4 is 0 Å². The smallest absolute Gasteiger partial charge is 0.119 e. The summed E-state index contributed by atoms with van der Waals surface area (Å²) in [6.07, 6.45) is 4.82. The molecule has 1 aromatic rings. The number of hydrogen-bond donors (Lipinski definition) is 2. The summed E-state index contributed by atoms with van der Waals surface area (Å²) in [4.78, 5) is 0. The lowest BCUT2D eigenvalue weighted by Gasteiger charge is -2.22. The first-order valence-corrected chi connectivity index (χ1v) is 6.11. The van der Waals surface area contributed by atoms with Crippen molar-refractivity contribution in [3.8, 4) is 5.75 Å². The van der Waals surface area contributed by atoms with E-state index in [0.29, 0.717) is 12.2 Å². The van der Waals surface area contributed by atoms with E-state index < -0.39 is 6.10 Å². The summed E-state index contributed by atoms with van der Waals surface area (Å²) in [5.74, 6) is 0.360. The van der Waals surface area contributed by atoms with Crippen LogP contribution in [-0.4, -0.2) is 16.3 Å². The van der Waals surface area contributed by atoms with Crippen molar-refractivity contribution in [3.05, 3.63) is 28.3 Å². The van der Waals surface area contributed by atoms with Crippen molar-refractivity contribution in [3.63, 3.8) is 0 Å². The number of aliphatic hydroxyl groups is 1. The number of rotatable bonds is 2. The highest BCUT2D eigenvalue weighted by atomic mass is 16.3. The Morgan fingerprint density at radius 2 is 2.00 bits per heavy atom. The van der Waals surface area contributed by atoms with Crippen LogP contribution < -0.4 is 0 Å². The predicted molar refractivity (Wildman–Crippen MR) is 64.9 cm³/mol. The number of aromatic hydroxyl groups is 1. The van der Waals surface area contributed by atoms with E-state index in [1.807, 2.05) is 6.07 Å². The maximum atomic E-state index is 9.99. The minimum absolute atomic E-state index is 0.360. The Hall–Kier alpha value is -1.02. The van der Waals surface area contributed by atoms with Gasteiger partial charge >= 0.3 is 0 Å². The zero-order valence-corrected chi connectivity index (χ0v) is 10.1. The standard InChI is InChI=1S/C14H20O2/c1-9(15)7-13-10(2)12-6-4-3-5-11(12)8-14(13)16/h8-9,15-16H,3-7H2,1-2H3. The molecule has 2 rings (SSSR count). The summed E-state index contributed by atoms with van der Waals surface area (Å²) in [5, 5.41) is 19.4. The molecule has 1 unspecified atom stereocenters. The van der Waals surface area contributed by atoms with Gasteiger partial charge in [0.25, 0.3) is 0 Å². The summed E-state index contributed by atoms with van der Waals surface area (Å²) in [7, 11) is 0. The number of phenolic OH excluding ortho intramolecular Hbond substituents is 1. The van der Waals surface area contributed by atoms with Crippen LogP contribution >= 0.6 is 0 Å². The van der Waals surface area contributed by atoms with Gasteiger partial charge in [-0.05, 0) is 67.9 Å². The van der Waals surface area contributed by atoms with Gasteiger partial charge in [0, 0.05) is 6.42 Å². The second kappa shape index (κ2) is 4.46. The minimum Gasteiger partial charge on any atom is -0.508 e. The minimum atomic E-state index is -0.397. The van der Waals surface area contributed by atoms with Gasteiger partial charge in [-0.15, -0.1) is 0 Å². The first-order valence-electron chi connectivity index (χ1n) is 6.11. The van der Waals surface area contributed by atoms with Crippen molar-refractivity contribution < 1.29 is 10.2 Å². The molecule has 2 N–H and O–H groups in total. The molecule has 0 aromatic heterocycles. The fraction of sp³-hybridized carbons (Fsp3) is 0.571. The first kappa shape index (κ1) is 11.5. The van der Waals surface area contributed by atoms with Crippen LogP contribution in [0.25, 0.3) is 0 Å². The van der Waals surface area contributed by atoms with Gasteiger partial charge in [-0.2, -0.15) is 0 Å². The van der Waals surface area contributed by atoms with E-state index in [4.69, 9.17) is 0 Å². The number of hydrogen-bond acceptors (Lipinski definition) is 2. The normalized spacial score (nSPS) is 16.9. The molecule has 0 aliphatic heterocycles. The molecule has 16 heavy (non-hydrogen) atoms. The molecule has 0 fully saturated rings. The van der Waals surface area contributed by atoms with E-state index in [1.165, 1.54) is 29.5 Å². The van der Waals surface area contributed by atoms with E-state index >= 15 is 0 Å². The largest absolute Gasteiger partial charge is 0.508 e. The molecule has 1 aliphatic rings. The third-order valence-electron chi connectivity index (χ3n) is 3.54. The van der Waals surface area contributed by atoms with Gasteiger partial charge in [-0.3, -0.25) is 0 Å². The number of aliphatic hydroxyl groups excluding tert-OH is 1. The predicted octanol–water partition coefficient (Wildman–Crippen LogP) is 2.50. The average Bonchev–Trinajstić information content (AvgIpc) is 2.24. The lowest BCUT2D eigenvalue weighted by atomic mass is 9.85. The van der Waals surface area contributed by atoms with Crippen molar-refractivity contribution in [1.82, 2.24) is 0 Å². The van der Waals surface area contributed by atoms with Gasteiger partial charge in [0.1, 0.15) is 5.75 Å². The van der Waals surface area contributed by atoms with E-state index in [0.717, 1.165) is 18.4 Å². The molecule has 0 spiro atoms. The molecular formula is C14H20O2. The maximum absolute atomic E-state index is 9.99. The van der Waals surface area contributed by atoms with Crippen LogP contribution in [0, 0.1) is 6.92 Å². The zero-order valence-electron chi connectivity index (χ0n) is 10.1. The number of phenols is 1. The zero-order chi connectivity index (χ0) is 11.7. The van der Waals surface area contributed by atoms with Gasteiger partial charge < -0.3 is 10.2 Å². The molecule has 0 bridgehead atoms. The van der Waals surface area contributed by atoms with Gasteiger partial charge in [-0.25, -0.2) is 0 Å². The molecule has 0 saturated carbocycles. The molecule has 0 amide bonds. The highest BCUT2D eigenvalue weighted by Gasteiger charge is 2.18. The maximum Gasteiger partial charge on any atom is 0.119 e. The van der Waals surface area contributed by atoms with Crippen molar-refractivity contribution in [2.75, 3.05) is 0 Å². The third-order valence-corrected chi connectivity index (χ3v) is 3.54. The molecule has 1 aromatic carbocycles. The molecule has 88 valence electrons. The Balaban J connectivity index is 2.45.